The smallest absolute Gasteiger partial charge is 0.131 e. The first-order valence-corrected chi connectivity index (χ1v) is 6.19. The normalized spacial score (nSPS) is 9.94. The van der Waals surface area contributed by atoms with Crippen LogP contribution in [0.3, 0.4) is 0 Å². The van der Waals surface area contributed by atoms with Gasteiger partial charge in [-0.25, -0.2) is 0 Å². The van der Waals surface area contributed by atoms with Crippen molar-refractivity contribution in [3.05, 3.63) is 51.1 Å². The highest BCUT2D eigenvalue weighted by atomic mass is 127. The summed E-state index contributed by atoms with van der Waals surface area (Å²) in [5.74, 6) is 0.336. The summed E-state index contributed by atoms with van der Waals surface area (Å²) in [7, 11) is 0. The molecule has 0 aliphatic heterocycles. The number of hydrogen-bond acceptors (Lipinski definition) is 2. The van der Waals surface area contributed by atoms with Crippen LogP contribution in [0.2, 0.25) is 0 Å². The van der Waals surface area contributed by atoms with E-state index in [1.54, 1.807) is 12.1 Å². The van der Waals surface area contributed by atoms with Gasteiger partial charge in [0.15, 0.2) is 0 Å². The maximum atomic E-state index is 9.71. The Bertz CT molecular complexity index is 574. The lowest BCUT2D eigenvalue weighted by Crippen LogP contribution is -1.85. The maximum absolute atomic E-state index is 9.71. The molecule has 3 heteroatoms. The van der Waals surface area contributed by atoms with Gasteiger partial charge in [-0.1, -0.05) is 12.1 Å². The first-order chi connectivity index (χ1) is 8.11. The van der Waals surface area contributed by atoms with Gasteiger partial charge in [0.05, 0.1) is 15.2 Å². The van der Waals surface area contributed by atoms with E-state index in [-0.39, 0.29) is 0 Å². The monoisotopic (exact) mass is 335 g/mol. The summed E-state index contributed by atoms with van der Waals surface area (Å²) < 4.78 is 0.835. The quantitative estimate of drug-likeness (QED) is 0.805. The summed E-state index contributed by atoms with van der Waals surface area (Å²) >= 11 is 2.11. The van der Waals surface area contributed by atoms with Gasteiger partial charge in [0, 0.05) is 0 Å². The Hall–Kier alpha value is -1.54. The molecule has 0 bridgehead atoms. The average Bonchev–Trinajstić information content (AvgIpc) is 2.35. The average molecular weight is 335 g/mol. The number of rotatable bonds is 1. The summed E-state index contributed by atoms with van der Waals surface area (Å²) in [4.78, 5) is 0. The van der Waals surface area contributed by atoms with Crippen LogP contribution < -0.4 is 0 Å². The molecule has 0 unspecified atom stereocenters. The lowest BCUT2D eigenvalue weighted by molar-refractivity contribution is 0.467. The summed E-state index contributed by atoms with van der Waals surface area (Å²) in [5, 5.41) is 18.4. The van der Waals surface area contributed by atoms with Crippen molar-refractivity contribution < 1.29 is 5.11 Å². The van der Waals surface area contributed by atoms with Gasteiger partial charge >= 0.3 is 0 Å². The predicted molar refractivity (Wildman–Crippen MR) is 75.7 cm³/mol. The van der Waals surface area contributed by atoms with Crippen LogP contribution in [-0.2, 0) is 0 Å². The minimum atomic E-state index is 0.336. The molecule has 0 saturated carbocycles. The molecule has 2 nitrogen and oxygen atoms in total. The fourth-order valence-corrected chi connectivity index (χ4v) is 2.40. The molecule has 0 amide bonds. The summed E-state index contributed by atoms with van der Waals surface area (Å²) in [6, 6.07) is 13.4. The minimum Gasteiger partial charge on any atom is -0.507 e. The molecule has 2 aromatic rings. The number of aromatic hydroxyl groups is 1. The Morgan fingerprint density at radius 2 is 1.76 bits per heavy atom. The molecule has 0 spiro atoms. The molecule has 0 aliphatic rings. The Labute approximate surface area is 114 Å². The summed E-state index contributed by atoms with van der Waals surface area (Å²) in [6.45, 7) is 1.88. The molecule has 1 N–H and O–H groups in total. The molecule has 84 valence electrons. The maximum Gasteiger partial charge on any atom is 0.131 e. The molecule has 17 heavy (non-hydrogen) atoms. The zero-order valence-electron chi connectivity index (χ0n) is 9.24. The van der Waals surface area contributed by atoms with E-state index in [9.17, 15) is 5.11 Å². The van der Waals surface area contributed by atoms with Crippen molar-refractivity contribution in [1.82, 2.24) is 0 Å². The van der Waals surface area contributed by atoms with E-state index in [0.29, 0.717) is 11.3 Å². The van der Waals surface area contributed by atoms with Gasteiger partial charge in [-0.2, -0.15) is 5.26 Å². The number of phenolic OH excluding ortho intramolecular Hbond substituents is 1. The van der Waals surface area contributed by atoms with Crippen LogP contribution in [-0.4, -0.2) is 5.11 Å². The van der Waals surface area contributed by atoms with Gasteiger partial charge in [-0.15, -0.1) is 0 Å². The largest absolute Gasteiger partial charge is 0.507 e. The molecular formula is C14H10INO. The van der Waals surface area contributed by atoms with Gasteiger partial charge in [0.1, 0.15) is 5.75 Å². The molecule has 2 rings (SSSR count). The van der Waals surface area contributed by atoms with Gasteiger partial charge in [0.2, 0.25) is 0 Å². The lowest BCUT2D eigenvalue weighted by atomic mass is 10.0. The van der Waals surface area contributed by atoms with Gasteiger partial charge in [-0.3, -0.25) is 0 Å². The number of benzene rings is 2. The first kappa shape index (κ1) is 11.9. The number of hydrogen-bond donors (Lipinski definition) is 1. The zero-order chi connectivity index (χ0) is 12.4. The molecule has 2 aromatic carbocycles. The summed E-state index contributed by atoms with van der Waals surface area (Å²) in [6.07, 6.45) is 0. The van der Waals surface area contributed by atoms with Crippen LogP contribution >= 0.6 is 22.6 Å². The molecule has 0 aliphatic carbocycles. The Balaban J connectivity index is 2.50. The van der Waals surface area contributed by atoms with Gasteiger partial charge < -0.3 is 5.11 Å². The second-order valence-corrected chi connectivity index (χ2v) is 4.97. The van der Waals surface area contributed by atoms with Crippen molar-refractivity contribution >= 4 is 22.6 Å². The molecule has 0 fully saturated rings. The van der Waals surface area contributed by atoms with Crippen molar-refractivity contribution in [3.8, 4) is 22.9 Å². The minimum absolute atomic E-state index is 0.336. The molecule has 0 aromatic heterocycles. The van der Waals surface area contributed by atoms with Crippen LogP contribution in [0.1, 0.15) is 11.1 Å². The number of nitriles is 1. The fraction of sp³-hybridized carbons (Fsp3) is 0.0714. The zero-order valence-corrected chi connectivity index (χ0v) is 11.4. The highest BCUT2D eigenvalue weighted by Gasteiger charge is 2.06. The Morgan fingerprint density at radius 3 is 2.29 bits per heavy atom. The third-order valence-corrected chi connectivity index (χ3v) is 3.42. The topological polar surface area (TPSA) is 44.0 Å². The highest BCUT2D eigenvalue weighted by Crippen LogP contribution is 2.30. The van der Waals surface area contributed by atoms with Crippen LogP contribution in [0.25, 0.3) is 11.1 Å². The first-order valence-electron chi connectivity index (χ1n) is 5.11. The second kappa shape index (κ2) is 4.76. The molecular weight excluding hydrogens is 325 g/mol. The van der Waals surface area contributed by atoms with Crippen molar-refractivity contribution in [3.63, 3.8) is 0 Å². The molecule has 0 heterocycles. The van der Waals surface area contributed by atoms with Crippen LogP contribution in [0, 0.1) is 21.8 Å². The SMILES string of the molecule is Cc1cc(-c2ccc(C#N)cc2)cc(I)c1O. The third kappa shape index (κ3) is 2.42. The molecule has 0 atom stereocenters. The van der Waals surface area contributed by atoms with E-state index in [2.05, 4.69) is 28.7 Å². The van der Waals surface area contributed by atoms with E-state index in [1.807, 2.05) is 31.2 Å². The third-order valence-electron chi connectivity index (χ3n) is 2.60. The fourth-order valence-electron chi connectivity index (χ4n) is 1.64. The van der Waals surface area contributed by atoms with Crippen molar-refractivity contribution in [2.45, 2.75) is 6.92 Å². The van der Waals surface area contributed by atoms with Crippen LogP contribution in [0.4, 0.5) is 0 Å². The Kier molecular flexibility index (Phi) is 3.34. The summed E-state index contributed by atoms with van der Waals surface area (Å²) in [5.41, 5.74) is 3.61. The number of phenols is 1. The number of aryl methyl sites for hydroxylation is 1. The number of nitrogens with zero attached hydrogens (tertiary/aromatic N) is 1. The van der Waals surface area contributed by atoms with Crippen molar-refractivity contribution in [2.24, 2.45) is 0 Å². The van der Waals surface area contributed by atoms with E-state index < -0.39 is 0 Å². The standard InChI is InChI=1S/C14H10INO/c1-9-6-12(7-13(15)14(9)17)11-4-2-10(8-16)3-5-11/h2-7,17H,1H3. The van der Waals surface area contributed by atoms with E-state index in [4.69, 9.17) is 5.26 Å². The van der Waals surface area contributed by atoms with Crippen LogP contribution in [0.5, 0.6) is 5.75 Å². The van der Waals surface area contributed by atoms with Crippen molar-refractivity contribution in [1.29, 1.82) is 5.26 Å². The predicted octanol–water partition coefficient (Wildman–Crippen LogP) is 3.84. The Morgan fingerprint density at radius 1 is 1.12 bits per heavy atom. The molecule has 0 radical (unpaired) electrons. The van der Waals surface area contributed by atoms with Crippen molar-refractivity contribution in [2.75, 3.05) is 0 Å². The van der Waals surface area contributed by atoms with E-state index >= 15 is 0 Å². The highest BCUT2D eigenvalue weighted by molar-refractivity contribution is 14.1. The molecule has 0 saturated heterocycles. The van der Waals surface area contributed by atoms with Crippen LogP contribution in [0.15, 0.2) is 36.4 Å². The second-order valence-electron chi connectivity index (χ2n) is 3.81. The van der Waals surface area contributed by atoms with E-state index in [1.165, 1.54) is 0 Å². The lowest BCUT2D eigenvalue weighted by Gasteiger charge is -2.07. The van der Waals surface area contributed by atoms with E-state index in [0.717, 1.165) is 20.3 Å². The number of halogens is 1. The van der Waals surface area contributed by atoms with Gasteiger partial charge in [0.25, 0.3) is 0 Å². The van der Waals surface area contributed by atoms with Gasteiger partial charge in [-0.05, 0) is 70.5 Å².